The minimum absolute atomic E-state index is 0.102. The second-order valence-corrected chi connectivity index (χ2v) is 9.09. The zero-order valence-electron chi connectivity index (χ0n) is 17.0. The molecule has 4 fully saturated rings. The van der Waals surface area contributed by atoms with Crippen LogP contribution in [0.1, 0.15) is 23.2 Å². The van der Waals surface area contributed by atoms with Crippen molar-refractivity contribution >= 4 is 11.6 Å². The summed E-state index contributed by atoms with van der Waals surface area (Å²) in [4.78, 5) is 20.2. The van der Waals surface area contributed by atoms with E-state index in [9.17, 15) is 4.79 Å². The lowest BCUT2D eigenvalue weighted by Crippen LogP contribution is -2.40. The normalized spacial score (nSPS) is 34.3. The molecule has 28 heavy (non-hydrogen) atoms. The molecular weight excluding hydrogens is 354 g/mol. The van der Waals surface area contributed by atoms with Crippen LogP contribution in [-0.4, -0.2) is 87.4 Å². The third-order valence-corrected chi connectivity index (χ3v) is 7.13. The van der Waals surface area contributed by atoms with Gasteiger partial charge in [0.2, 0.25) is 0 Å². The molecule has 5 rings (SSSR count). The van der Waals surface area contributed by atoms with E-state index in [-0.39, 0.29) is 11.5 Å². The Labute approximate surface area is 167 Å². The molecule has 0 radical (unpaired) electrons. The van der Waals surface area contributed by atoms with Gasteiger partial charge in [-0.2, -0.15) is 0 Å². The van der Waals surface area contributed by atoms with Gasteiger partial charge in [0.05, 0.1) is 37.0 Å². The number of rotatable bonds is 4. The van der Waals surface area contributed by atoms with Crippen LogP contribution in [-0.2, 0) is 9.47 Å². The molecule has 4 aliphatic rings. The third kappa shape index (κ3) is 2.93. The third-order valence-electron chi connectivity index (χ3n) is 7.13. The van der Waals surface area contributed by atoms with Crippen molar-refractivity contribution in [3.05, 3.63) is 29.8 Å². The van der Waals surface area contributed by atoms with Gasteiger partial charge in [-0.05, 0) is 39.1 Å². The van der Waals surface area contributed by atoms with Gasteiger partial charge >= 0.3 is 0 Å². The molecule has 2 bridgehead atoms. The predicted octanol–water partition coefficient (Wildman–Crippen LogP) is 1.70. The number of carbonyl (C=O) groups is 1. The molecule has 1 aromatic carbocycles. The number of fused-ring (bicyclic) bond motifs is 1. The van der Waals surface area contributed by atoms with E-state index < -0.39 is 0 Å². The summed E-state index contributed by atoms with van der Waals surface area (Å²) in [6.07, 6.45) is 2.62. The number of para-hydroxylation sites is 1. The van der Waals surface area contributed by atoms with Crippen molar-refractivity contribution in [3.8, 4) is 0 Å². The number of hydrogen-bond acceptors (Lipinski definition) is 5. The lowest BCUT2D eigenvalue weighted by atomic mass is 9.73. The second-order valence-electron chi connectivity index (χ2n) is 9.09. The van der Waals surface area contributed by atoms with Gasteiger partial charge in [0, 0.05) is 43.7 Å². The molecule has 0 saturated carbocycles. The smallest absolute Gasteiger partial charge is 0.256 e. The summed E-state index contributed by atoms with van der Waals surface area (Å²) in [5.74, 6) is 1.16. The molecule has 0 aromatic heterocycles. The number of benzene rings is 1. The van der Waals surface area contributed by atoms with Crippen molar-refractivity contribution < 1.29 is 14.3 Å². The maximum atomic E-state index is 13.5. The van der Waals surface area contributed by atoms with Crippen molar-refractivity contribution in [2.75, 3.05) is 64.9 Å². The van der Waals surface area contributed by atoms with Crippen LogP contribution in [0.15, 0.2) is 24.3 Å². The fourth-order valence-electron chi connectivity index (χ4n) is 5.92. The number of likely N-dealkylation sites (tertiary alicyclic amines) is 1. The van der Waals surface area contributed by atoms with Crippen molar-refractivity contribution in [2.45, 2.75) is 24.5 Å². The zero-order chi connectivity index (χ0) is 19.3. The van der Waals surface area contributed by atoms with E-state index in [2.05, 4.69) is 34.9 Å². The van der Waals surface area contributed by atoms with E-state index >= 15 is 0 Å². The molecule has 6 nitrogen and oxygen atoms in total. The quantitative estimate of drug-likeness (QED) is 0.790. The maximum absolute atomic E-state index is 13.5. The van der Waals surface area contributed by atoms with Crippen LogP contribution < -0.4 is 4.90 Å². The summed E-state index contributed by atoms with van der Waals surface area (Å²) in [5.41, 5.74) is 1.76. The first-order valence-corrected chi connectivity index (χ1v) is 10.6. The number of morpholine rings is 1. The highest BCUT2D eigenvalue weighted by Gasteiger charge is 2.63. The van der Waals surface area contributed by atoms with Crippen LogP contribution in [0.25, 0.3) is 0 Å². The van der Waals surface area contributed by atoms with Gasteiger partial charge in [-0.1, -0.05) is 12.1 Å². The summed E-state index contributed by atoms with van der Waals surface area (Å²) in [6, 6.07) is 8.05. The second kappa shape index (κ2) is 7.01. The molecule has 0 unspecified atom stereocenters. The molecule has 1 aromatic rings. The monoisotopic (exact) mass is 385 g/mol. The van der Waals surface area contributed by atoms with E-state index in [1.165, 1.54) is 0 Å². The van der Waals surface area contributed by atoms with Gasteiger partial charge in [-0.15, -0.1) is 0 Å². The molecule has 4 aliphatic heterocycles. The first-order valence-electron chi connectivity index (χ1n) is 10.6. The highest BCUT2D eigenvalue weighted by molar-refractivity contribution is 6.00. The number of hydrogen-bond donors (Lipinski definition) is 0. The Hall–Kier alpha value is -1.63. The van der Waals surface area contributed by atoms with Crippen LogP contribution in [0.3, 0.4) is 0 Å². The average Bonchev–Trinajstić information content (AvgIpc) is 3.37. The Morgan fingerprint density at radius 2 is 2.04 bits per heavy atom. The number of amides is 1. The van der Waals surface area contributed by atoms with E-state index in [0.717, 1.165) is 70.0 Å². The lowest BCUT2D eigenvalue weighted by molar-refractivity contribution is 0.00256. The molecule has 6 heteroatoms. The number of ether oxygens (including phenoxy) is 2. The van der Waals surface area contributed by atoms with E-state index in [0.29, 0.717) is 17.9 Å². The predicted molar refractivity (Wildman–Crippen MR) is 108 cm³/mol. The van der Waals surface area contributed by atoms with Crippen molar-refractivity contribution in [1.82, 2.24) is 9.80 Å². The summed E-state index contributed by atoms with van der Waals surface area (Å²) in [7, 11) is 4.27. The molecule has 152 valence electrons. The Morgan fingerprint density at radius 3 is 2.82 bits per heavy atom. The average molecular weight is 386 g/mol. The van der Waals surface area contributed by atoms with E-state index in [1.807, 2.05) is 18.2 Å². The van der Waals surface area contributed by atoms with Crippen LogP contribution in [0, 0.1) is 11.8 Å². The van der Waals surface area contributed by atoms with Crippen LogP contribution in [0.5, 0.6) is 0 Å². The minimum atomic E-state index is -0.102. The molecule has 0 N–H and O–H groups in total. The van der Waals surface area contributed by atoms with Crippen molar-refractivity contribution in [3.63, 3.8) is 0 Å². The summed E-state index contributed by atoms with van der Waals surface area (Å²) in [6.45, 7) is 5.74. The summed E-state index contributed by atoms with van der Waals surface area (Å²) >= 11 is 0. The van der Waals surface area contributed by atoms with E-state index in [1.54, 1.807) is 0 Å². The standard InChI is InChI=1S/C22H31N3O3/c1-23(2)13-17-18-14-25(15-22(18)8-7-20(17)28-22)21(26)16-5-3-4-6-19(16)24-9-11-27-12-10-24/h3-6,17-18,20H,7-15H2,1-2H3/t17-,18+,20+,22+/m1/s1. The molecular formula is C22H31N3O3. The largest absolute Gasteiger partial charge is 0.378 e. The highest BCUT2D eigenvalue weighted by Crippen LogP contribution is 2.55. The fraction of sp³-hybridized carbons (Fsp3) is 0.682. The zero-order valence-corrected chi connectivity index (χ0v) is 17.0. The maximum Gasteiger partial charge on any atom is 0.256 e. The number of carbonyl (C=O) groups excluding carboxylic acids is 1. The van der Waals surface area contributed by atoms with Gasteiger partial charge < -0.3 is 24.2 Å². The van der Waals surface area contributed by atoms with Crippen LogP contribution >= 0.6 is 0 Å². The van der Waals surface area contributed by atoms with Gasteiger partial charge in [0.25, 0.3) is 5.91 Å². The Kier molecular flexibility index (Phi) is 4.61. The molecule has 1 spiro atoms. The fourth-order valence-corrected chi connectivity index (χ4v) is 5.92. The van der Waals surface area contributed by atoms with Gasteiger partial charge in [-0.25, -0.2) is 0 Å². The first-order chi connectivity index (χ1) is 13.6. The van der Waals surface area contributed by atoms with E-state index in [4.69, 9.17) is 9.47 Å². The Morgan fingerprint density at radius 1 is 1.25 bits per heavy atom. The molecule has 4 saturated heterocycles. The lowest BCUT2D eigenvalue weighted by Gasteiger charge is -2.31. The molecule has 4 heterocycles. The van der Waals surface area contributed by atoms with Gasteiger partial charge in [0.15, 0.2) is 0 Å². The number of nitrogens with zero attached hydrogens (tertiary/aromatic N) is 3. The highest BCUT2D eigenvalue weighted by atomic mass is 16.5. The van der Waals surface area contributed by atoms with Crippen LogP contribution in [0.4, 0.5) is 5.69 Å². The topological polar surface area (TPSA) is 45.2 Å². The Balaban J connectivity index is 1.38. The molecule has 1 amide bonds. The molecule has 4 atom stereocenters. The van der Waals surface area contributed by atoms with Crippen molar-refractivity contribution in [1.29, 1.82) is 0 Å². The first kappa shape index (κ1) is 18.4. The van der Waals surface area contributed by atoms with Crippen LogP contribution in [0.2, 0.25) is 0 Å². The van der Waals surface area contributed by atoms with Gasteiger partial charge in [0.1, 0.15) is 0 Å². The minimum Gasteiger partial charge on any atom is -0.378 e. The summed E-state index contributed by atoms with van der Waals surface area (Å²) < 4.78 is 12.0. The van der Waals surface area contributed by atoms with Crippen molar-refractivity contribution in [2.24, 2.45) is 11.8 Å². The summed E-state index contributed by atoms with van der Waals surface area (Å²) in [5, 5.41) is 0. The van der Waals surface area contributed by atoms with Gasteiger partial charge in [-0.3, -0.25) is 4.79 Å². The number of anilines is 1. The Bertz CT molecular complexity index is 748. The SMILES string of the molecule is CN(C)C[C@H]1[C@@H]2CC[C@@]3(CN(C(=O)c4ccccc4N4CCOCC4)C[C@@H]13)O2. The molecule has 0 aliphatic carbocycles.